The van der Waals surface area contributed by atoms with Crippen molar-refractivity contribution in [1.82, 2.24) is 0 Å². The Balaban J connectivity index is 2.49. The van der Waals surface area contributed by atoms with E-state index in [2.05, 4.69) is 0 Å². The molecule has 0 saturated heterocycles. The van der Waals surface area contributed by atoms with Crippen molar-refractivity contribution in [2.24, 2.45) is 0 Å². The fourth-order valence-electron chi connectivity index (χ4n) is 1.03. The molecule has 60 valence electrons. The van der Waals surface area contributed by atoms with Gasteiger partial charge in [-0.25, -0.2) is 4.79 Å². The largest absolute Gasteiger partial charge is 0.455 e. The quantitative estimate of drug-likeness (QED) is 0.447. The lowest BCUT2D eigenvalue weighted by atomic mass is 10.1. The highest BCUT2D eigenvalue weighted by atomic mass is 16.5. The smallest absolute Gasteiger partial charge is 0.334 e. The van der Waals surface area contributed by atoms with Gasteiger partial charge in [-0.2, -0.15) is 0 Å². The predicted molar refractivity (Wildman–Crippen MR) is 38.9 cm³/mol. The second kappa shape index (κ2) is 3.32. The molecule has 0 aromatic heterocycles. The Morgan fingerprint density at radius 1 is 1.73 bits per heavy atom. The topological polar surface area (TPSA) is 43.4 Å². The molecular weight excluding hydrogens is 144 g/mol. The molecule has 0 N–H and O–H groups in total. The number of carbonyl (C=O) groups excluding carboxylic acids is 2. The number of aldehydes is 1. The van der Waals surface area contributed by atoms with Gasteiger partial charge in [0.05, 0.1) is 0 Å². The van der Waals surface area contributed by atoms with Gasteiger partial charge in [-0.15, -0.1) is 0 Å². The standard InChI is InChI=1S/C8H10O3/c1-6-5-7(3-2-4-9)8(10)11-6/h4-6H,2-3H2,1H3/t6-/m0/s1. The molecule has 1 heterocycles. The van der Waals surface area contributed by atoms with Gasteiger partial charge in [-0.05, 0) is 19.4 Å². The van der Waals surface area contributed by atoms with E-state index in [-0.39, 0.29) is 12.1 Å². The van der Waals surface area contributed by atoms with Crippen molar-refractivity contribution >= 4 is 12.3 Å². The Kier molecular flexibility index (Phi) is 2.41. The van der Waals surface area contributed by atoms with Gasteiger partial charge in [-0.1, -0.05) is 0 Å². The van der Waals surface area contributed by atoms with Crippen molar-refractivity contribution in [3.8, 4) is 0 Å². The van der Waals surface area contributed by atoms with Crippen molar-refractivity contribution < 1.29 is 14.3 Å². The average Bonchev–Trinajstić information content (AvgIpc) is 2.26. The molecule has 0 radical (unpaired) electrons. The molecule has 11 heavy (non-hydrogen) atoms. The third-order valence-electron chi connectivity index (χ3n) is 1.52. The first-order valence-electron chi connectivity index (χ1n) is 3.59. The van der Waals surface area contributed by atoms with E-state index in [1.165, 1.54) is 0 Å². The van der Waals surface area contributed by atoms with E-state index >= 15 is 0 Å². The van der Waals surface area contributed by atoms with Crippen LogP contribution < -0.4 is 0 Å². The Morgan fingerprint density at radius 2 is 2.45 bits per heavy atom. The molecule has 1 aliphatic rings. The lowest BCUT2D eigenvalue weighted by molar-refractivity contribution is -0.139. The fraction of sp³-hybridized carbons (Fsp3) is 0.500. The summed E-state index contributed by atoms with van der Waals surface area (Å²) in [6, 6.07) is 0. The molecule has 3 nitrogen and oxygen atoms in total. The van der Waals surface area contributed by atoms with Crippen molar-refractivity contribution in [1.29, 1.82) is 0 Å². The molecule has 0 bridgehead atoms. The minimum absolute atomic E-state index is 0.121. The number of carbonyl (C=O) groups is 2. The van der Waals surface area contributed by atoms with Crippen LogP contribution in [0.15, 0.2) is 11.6 Å². The summed E-state index contributed by atoms with van der Waals surface area (Å²) >= 11 is 0. The minimum atomic E-state index is -0.278. The van der Waals surface area contributed by atoms with Crippen LogP contribution in [0.25, 0.3) is 0 Å². The van der Waals surface area contributed by atoms with Gasteiger partial charge in [0.15, 0.2) is 0 Å². The highest BCUT2D eigenvalue weighted by Gasteiger charge is 2.20. The first kappa shape index (κ1) is 7.98. The van der Waals surface area contributed by atoms with Crippen molar-refractivity contribution in [3.05, 3.63) is 11.6 Å². The normalized spacial score (nSPS) is 22.8. The zero-order valence-corrected chi connectivity index (χ0v) is 6.37. The number of hydrogen-bond donors (Lipinski definition) is 0. The van der Waals surface area contributed by atoms with Crippen LogP contribution in [0, 0.1) is 0 Å². The van der Waals surface area contributed by atoms with Crippen LogP contribution in [0.5, 0.6) is 0 Å². The van der Waals surface area contributed by atoms with E-state index < -0.39 is 0 Å². The molecule has 0 fully saturated rings. The van der Waals surface area contributed by atoms with Crippen LogP contribution >= 0.6 is 0 Å². The van der Waals surface area contributed by atoms with Gasteiger partial charge in [0.1, 0.15) is 12.4 Å². The van der Waals surface area contributed by atoms with Gasteiger partial charge in [0.25, 0.3) is 0 Å². The van der Waals surface area contributed by atoms with Gasteiger partial charge >= 0.3 is 5.97 Å². The van der Waals surface area contributed by atoms with Crippen LogP contribution in [0.2, 0.25) is 0 Å². The van der Waals surface area contributed by atoms with Crippen LogP contribution in [-0.2, 0) is 14.3 Å². The second-order valence-corrected chi connectivity index (χ2v) is 2.51. The van der Waals surface area contributed by atoms with Crippen LogP contribution in [0.3, 0.4) is 0 Å². The summed E-state index contributed by atoms with van der Waals surface area (Å²) in [7, 11) is 0. The van der Waals surface area contributed by atoms with Crippen LogP contribution in [0.1, 0.15) is 19.8 Å². The molecule has 1 rings (SSSR count). The zero-order valence-electron chi connectivity index (χ0n) is 6.37. The summed E-state index contributed by atoms with van der Waals surface area (Å²) in [6.45, 7) is 1.80. The highest BCUT2D eigenvalue weighted by molar-refractivity contribution is 5.91. The number of ether oxygens (including phenoxy) is 1. The van der Waals surface area contributed by atoms with Gasteiger partial charge in [0.2, 0.25) is 0 Å². The van der Waals surface area contributed by atoms with E-state index in [4.69, 9.17) is 4.74 Å². The molecule has 0 aromatic rings. The Bertz CT molecular complexity index is 205. The third-order valence-corrected chi connectivity index (χ3v) is 1.52. The second-order valence-electron chi connectivity index (χ2n) is 2.51. The summed E-state index contributed by atoms with van der Waals surface area (Å²) in [4.78, 5) is 20.9. The molecule has 0 aromatic carbocycles. The lowest BCUT2D eigenvalue weighted by Crippen LogP contribution is -2.03. The number of esters is 1. The average molecular weight is 154 g/mol. The number of rotatable bonds is 3. The SMILES string of the molecule is C[C@H]1C=C(CCC=O)C(=O)O1. The predicted octanol–water partition coefficient (Wildman–Crippen LogP) is 0.837. The number of hydrogen-bond acceptors (Lipinski definition) is 3. The van der Waals surface area contributed by atoms with Crippen molar-refractivity contribution in [2.45, 2.75) is 25.9 Å². The highest BCUT2D eigenvalue weighted by Crippen LogP contribution is 2.16. The lowest BCUT2D eigenvalue weighted by Gasteiger charge is -1.97. The molecule has 0 saturated carbocycles. The van der Waals surface area contributed by atoms with E-state index in [1.54, 1.807) is 13.0 Å². The van der Waals surface area contributed by atoms with Crippen LogP contribution in [0.4, 0.5) is 0 Å². The maximum atomic E-state index is 10.9. The Morgan fingerprint density at radius 3 is 2.91 bits per heavy atom. The van der Waals surface area contributed by atoms with Crippen molar-refractivity contribution in [2.75, 3.05) is 0 Å². The Hall–Kier alpha value is -1.12. The van der Waals surface area contributed by atoms with E-state index in [0.29, 0.717) is 18.4 Å². The summed E-state index contributed by atoms with van der Waals surface area (Å²) in [5, 5.41) is 0. The molecular formula is C8H10O3. The number of cyclic esters (lactones) is 1. The molecule has 1 aliphatic heterocycles. The third kappa shape index (κ3) is 1.90. The summed E-state index contributed by atoms with van der Waals surface area (Å²) in [6.07, 6.45) is 3.34. The van der Waals surface area contributed by atoms with Gasteiger partial charge in [-0.3, -0.25) is 0 Å². The zero-order chi connectivity index (χ0) is 8.27. The van der Waals surface area contributed by atoms with Gasteiger partial charge < -0.3 is 9.53 Å². The first-order valence-corrected chi connectivity index (χ1v) is 3.59. The maximum absolute atomic E-state index is 10.9. The molecule has 0 spiro atoms. The molecule has 0 aliphatic carbocycles. The molecule has 3 heteroatoms. The Labute approximate surface area is 65.0 Å². The summed E-state index contributed by atoms with van der Waals surface area (Å²) in [5.74, 6) is -0.278. The fourth-order valence-corrected chi connectivity index (χ4v) is 1.03. The first-order chi connectivity index (χ1) is 5.24. The van der Waals surface area contributed by atoms with Gasteiger partial charge in [0, 0.05) is 12.0 Å². The van der Waals surface area contributed by atoms with Crippen LogP contribution in [-0.4, -0.2) is 18.4 Å². The molecule has 0 unspecified atom stereocenters. The monoisotopic (exact) mass is 154 g/mol. The summed E-state index contributed by atoms with van der Waals surface area (Å²) in [5.41, 5.74) is 0.629. The van der Waals surface area contributed by atoms with E-state index in [0.717, 1.165) is 6.29 Å². The summed E-state index contributed by atoms with van der Waals surface area (Å²) < 4.78 is 4.82. The molecule has 0 amide bonds. The van der Waals surface area contributed by atoms with Crippen molar-refractivity contribution in [3.63, 3.8) is 0 Å². The minimum Gasteiger partial charge on any atom is -0.455 e. The van der Waals surface area contributed by atoms with E-state index in [1.807, 2.05) is 0 Å². The maximum Gasteiger partial charge on any atom is 0.334 e. The van der Waals surface area contributed by atoms with E-state index in [9.17, 15) is 9.59 Å². The molecule has 1 atom stereocenters.